The van der Waals surface area contributed by atoms with Crippen LogP contribution in [-0.4, -0.2) is 19.6 Å². The fourth-order valence-electron chi connectivity index (χ4n) is 3.39. The van der Waals surface area contributed by atoms with Crippen LogP contribution >= 0.6 is 24.8 Å². The molecule has 0 amide bonds. The Balaban J connectivity index is 0. The summed E-state index contributed by atoms with van der Waals surface area (Å²) in [7, 11) is 0. The van der Waals surface area contributed by atoms with E-state index in [1.165, 1.54) is 96.4 Å². The summed E-state index contributed by atoms with van der Waals surface area (Å²) >= 11 is 0. The molecule has 1 aliphatic carbocycles. The zero-order valence-corrected chi connectivity index (χ0v) is 16.1. The van der Waals surface area contributed by atoms with Gasteiger partial charge >= 0.3 is 0 Å². The topological polar surface area (TPSA) is 38.0 Å². The largest absolute Gasteiger partial charge is 0.329 e. The molecule has 22 heavy (non-hydrogen) atoms. The average Bonchev–Trinajstić information content (AvgIpc) is 2.47. The van der Waals surface area contributed by atoms with Gasteiger partial charge in [0, 0.05) is 13.1 Å². The second-order valence-electron chi connectivity index (χ2n) is 6.68. The molecule has 0 saturated heterocycles. The van der Waals surface area contributed by atoms with Crippen LogP contribution in [0.2, 0.25) is 0 Å². The molecule has 0 spiro atoms. The standard InChI is InChI=1S/C18H38N2.2ClH/c19-15-16-20-17-18-13-11-9-7-5-3-1-2-4-6-8-10-12-14-18;;/h18,20H,1-17,19H2;2*1H. The lowest BCUT2D eigenvalue weighted by Crippen LogP contribution is -2.28. The van der Waals surface area contributed by atoms with Crippen LogP contribution in [0.15, 0.2) is 0 Å². The van der Waals surface area contributed by atoms with Crippen molar-refractivity contribution in [3.05, 3.63) is 0 Å². The van der Waals surface area contributed by atoms with E-state index in [0.717, 1.165) is 19.0 Å². The number of nitrogens with one attached hydrogen (secondary N) is 1. The van der Waals surface area contributed by atoms with E-state index in [4.69, 9.17) is 5.73 Å². The van der Waals surface area contributed by atoms with Crippen LogP contribution in [0.3, 0.4) is 0 Å². The van der Waals surface area contributed by atoms with Crippen molar-refractivity contribution in [2.75, 3.05) is 19.6 Å². The summed E-state index contributed by atoms with van der Waals surface area (Å²) in [4.78, 5) is 0. The third kappa shape index (κ3) is 15.4. The Morgan fingerprint density at radius 2 is 1.00 bits per heavy atom. The third-order valence-electron chi connectivity index (χ3n) is 4.73. The lowest BCUT2D eigenvalue weighted by Gasteiger charge is -2.17. The van der Waals surface area contributed by atoms with E-state index >= 15 is 0 Å². The van der Waals surface area contributed by atoms with Crippen LogP contribution in [0, 0.1) is 5.92 Å². The molecule has 0 aromatic heterocycles. The highest BCUT2D eigenvalue weighted by molar-refractivity contribution is 5.85. The van der Waals surface area contributed by atoms with Gasteiger partial charge in [0.2, 0.25) is 0 Å². The Morgan fingerprint density at radius 1 is 0.636 bits per heavy atom. The van der Waals surface area contributed by atoms with Crippen molar-refractivity contribution < 1.29 is 0 Å². The minimum Gasteiger partial charge on any atom is -0.329 e. The van der Waals surface area contributed by atoms with Crippen molar-refractivity contribution in [2.45, 2.75) is 89.9 Å². The maximum atomic E-state index is 5.57. The minimum absolute atomic E-state index is 0. The second-order valence-corrected chi connectivity index (χ2v) is 6.68. The summed E-state index contributed by atoms with van der Waals surface area (Å²) in [6.07, 6.45) is 20.4. The van der Waals surface area contributed by atoms with Gasteiger partial charge in [-0.15, -0.1) is 24.8 Å². The van der Waals surface area contributed by atoms with Crippen LogP contribution in [-0.2, 0) is 0 Å². The maximum Gasteiger partial charge on any atom is 0.00746 e. The van der Waals surface area contributed by atoms with Gasteiger partial charge < -0.3 is 11.1 Å². The Morgan fingerprint density at radius 3 is 1.36 bits per heavy atom. The first-order valence-corrected chi connectivity index (χ1v) is 9.34. The molecule has 2 nitrogen and oxygen atoms in total. The summed E-state index contributed by atoms with van der Waals surface area (Å²) in [5.41, 5.74) is 5.57. The van der Waals surface area contributed by atoms with E-state index in [0.29, 0.717) is 0 Å². The lowest BCUT2D eigenvalue weighted by molar-refractivity contribution is 0.385. The van der Waals surface area contributed by atoms with E-state index in [9.17, 15) is 0 Å². The van der Waals surface area contributed by atoms with Gasteiger partial charge in [-0.3, -0.25) is 0 Å². The molecule has 0 aliphatic heterocycles. The van der Waals surface area contributed by atoms with Gasteiger partial charge in [0.05, 0.1) is 0 Å². The summed E-state index contributed by atoms with van der Waals surface area (Å²) in [6.45, 7) is 2.94. The third-order valence-corrected chi connectivity index (χ3v) is 4.73. The van der Waals surface area contributed by atoms with Crippen LogP contribution in [0.25, 0.3) is 0 Å². The molecular weight excluding hydrogens is 315 g/mol. The fourth-order valence-corrected chi connectivity index (χ4v) is 3.39. The van der Waals surface area contributed by atoms with Crippen LogP contribution in [0.1, 0.15) is 89.9 Å². The van der Waals surface area contributed by atoms with Crippen molar-refractivity contribution in [1.29, 1.82) is 0 Å². The molecule has 0 atom stereocenters. The Bertz CT molecular complexity index is 188. The molecule has 0 heterocycles. The molecule has 0 aromatic rings. The van der Waals surface area contributed by atoms with E-state index in [1.54, 1.807) is 0 Å². The summed E-state index contributed by atoms with van der Waals surface area (Å²) in [5, 5.41) is 3.52. The van der Waals surface area contributed by atoms with Crippen molar-refractivity contribution in [3.63, 3.8) is 0 Å². The Hall–Kier alpha value is 0.500. The quantitative estimate of drug-likeness (QED) is 0.656. The van der Waals surface area contributed by atoms with E-state index < -0.39 is 0 Å². The monoisotopic (exact) mass is 354 g/mol. The van der Waals surface area contributed by atoms with Gasteiger partial charge in [-0.25, -0.2) is 0 Å². The molecule has 0 bridgehead atoms. The van der Waals surface area contributed by atoms with Gasteiger partial charge in [-0.2, -0.15) is 0 Å². The van der Waals surface area contributed by atoms with Crippen LogP contribution in [0.4, 0.5) is 0 Å². The fraction of sp³-hybridized carbons (Fsp3) is 1.00. The number of hydrogen-bond acceptors (Lipinski definition) is 2. The van der Waals surface area contributed by atoms with Gasteiger partial charge in [0.25, 0.3) is 0 Å². The van der Waals surface area contributed by atoms with Gasteiger partial charge in [-0.05, 0) is 25.3 Å². The molecule has 1 aliphatic rings. The van der Waals surface area contributed by atoms with Gasteiger partial charge in [0.1, 0.15) is 0 Å². The van der Waals surface area contributed by atoms with Crippen molar-refractivity contribution >= 4 is 24.8 Å². The SMILES string of the molecule is Cl.Cl.NCCNCC1CCCCCCCCCCCCCC1. The Labute approximate surface area is 151 Å². The predicted molar refractivity (Wildman–Crippen MR) is 105 cm³/mol. The van der Waals surface area contributed by atoms with Crippen molar-refractivity contribution in [3.8, 4) is 0 Å². The highest BCUT2D eigenvalue weighted by atomic mass is 35.5. The highest BCUT2D eigenvalue weighted by Crippen LogP contribution is 2.20. The first-order valence-electron chi connectivity index (χ1n) is 9.34. The van der Waals surface area contributed by atoms with Crippen LogP contribution in [0.5, 0.6) is 0 Å². The number of rotatable bonds is 4. The van der Waals surface area contributed by atoms with Crippen molar-refractivity contribution in [1.82, 2.24) is 5.32 Å². The maximum absolute atomic E-state index is 5.57. The zero-order valence-electron chi connectivity index (χ0n) is 14.5. The van der Waals surface area contributed by atoms with Crippen molar-refractivity contribution in [2.24, 2.45) is 11.7 Å². The van der Waals surface area contributed by atoms with Crippen LogP contribution < -0.4 is 11.1 Å². The predicted octanol–water partition coefficient (Wildman–Crippen LogP) is 5.47. The van der Waals surface area contributed by atoms with E-state index in [-0.39, 0.29) is 24.8 Å². The molecule has 0 unspecified atom stereocenters. The zero-order chi connectivity index (χ0) is 14.3. The summed E-state index contributed by atoms with van der Waals surface area (Å²) in [5.74, 6) is 0.895. The molecule has 136 valence electrons. The molecule has 0 radical (unpaired) electrons. The molecule has 1 rings (SSSR count). The molecule has 1 fully saturated rings. The van der Waals surface area contributed by atoms with E-state index in [2.05, 4.69) is 5.32 Å². The second kappa shape index (κ2) is 19.5. The lowest BCUT2D eigenvalue weighted by atomic mass is 9.94. The molecule has 3 N–H and O–H groups in total. The first-order chi connectivity index (χ1) is 9.93. The normalized spacial score (nSPS) is 20.0. The molecule has 0 aromatic carbocycles. The van der Waals surface area contributed by atoms with Gasteiger partial charge in [-0.1, -0.05) is 77.0 Å². The Kier molecular flexibility index (Phi) is 22.0. The van der Waals surface area contributed by atoms with Gasteiger partial charge in [0.15, 0.2) is 0 Å². The minimum atomic E-state index is 0. The summed E-state index contributed by atoms with van der Waals surface area (Å²) < 4.78 is 0. The number of nitrogens with two attached hydrogens (primary N) is 1. The number of halogens is 2. The van der Waals surface area contributed by atoms with E-state index in [1.807, 2.05) is 0 Å². The summed E-state index contributed by atoms with van der Waals surface area (Å²) in [6, 6.07) is 0. The molecule has 4 heteroatoms. The molecule has 1 saturated carbocycles. The smallest absolute Gasteiger partial charge is 0.00746 e. The first kappa shape index (κ1) is 24.7. The number of hydrogen-bond donors (Lipinski definition) is 2. The molecular formula is C18H40Cl2N2. The average molecular weight is 355 g/mol. The highest BCUT2D eigenvalue weighted by Gasteiger charge is 2.08.